The summed E-state index contributed by atoms with van der Waals surface area (Å²) >= 11 is 0. The van der Waals surface area contributed by atoms with E-state index in [1.807, 2.05) is 80.8 Å². The number of hydrogen-bond donors (Lipinski definition) is 0. The molecular formula is C23H23N3. The van der Waals surface area contributed by atoms with Gasteiger partial charge in [0.1, 0.15) is 0 Å². The van der Waals surface area contributed by atoms with Crippen LogP contribution in [0, 0.1) is 0 Å². The minimum atomic E-state index is 0.860. The molecule has 0 atom stereocenters. The molecule has 130 valence electrons. The highest BCUT2D eigenvalue weighted by Gasteiger charge is 2.17. The van der Waals surface area contributed by atoms with Gasteiger partial charge in [-0.05, 0) is 36.4 Å². The maximum Gasteiger partial charge on any atom is 0.219 e. The zero-order valence-electron chi connectivity index (χ0n) is 15.2. The van der Waals surface area contributed by atoms with E-state index in [4.69, 9.17) is 0 Å². The summed E-state index contributed by atoms with van der Waals surface area (Å²) in [6.45, 7) is 4.00. The molecule has 0 aliphatic rings. The molecule has 0 saturated heterocycles. The number of para-hydroxylation sites is 3. The Hall–Kier alpha value is -3.33. The second-order valence-corrected chi connectivity index (χ2v) is 5.44. The van der Waals surface area contributed by atoms with E-state index in [1.165, 1.54) is 0 Å². The quantitative estimate of drug-likeness (QED) is 0.430. The fourth-order valence-electron chi connectivity index (χ4n) is 2.79. The van der Waals surface area contributed by atoms with Crippen molar-refractivity contribution in [3.63, 3.8) is 0 Å². The Labute approximate surface area is 155 Å². The number of rotatable bonds is 4. The van der Waals surface area contributed by atoms with Crippen molar-refractivity contribution in [3.8, 4) is 5.69 Å². The van der Waals surface area contributed by atoms with Crippen molar-refractivity contribution in [3.05, 3.63) is 103 Å². The van der Waals surface area contributed by atoms with E-state index < -0.39 is 0 Å². The van der Waals surface area contributed by atoms with Crippen molar-refractivity contribution < 1.29 is 0 Å². The summed E-state index contributed by atoms with van der Waals surface area (Å²) < 4.78 is 2.10. The van der Waals surface area contributed by atoms with E-state index in [0.29, 0.717) is 0 Å². The molecule has 0 unspecified atom stereocenters. The Morgan fingerprint density at radius 2 is 1.12 bits per heavy atom. The first kappa shape index (κ1) is 17.5. The van der Waals surface area contributed by atoms with Crippen LogP contribution in [-0.2, 0) is 0 Å². The summed E-state index contributed by atoms with van der Waals surface area (Å²) in [5.74, 6) is 0.860. The number of nitrogens with zero attached hydrogens (tertiary/aromatic N) is 3. The van der Waals surface area contributed by atoms with Crippen LogP contribution in [-0.4, -0.2) is 9.55 Å². The maximum atomic E-state index is 4.63. The standard InChI is InChI=1S/C21H17N3.C2H6/c1-4-10-18(11-5-1)23-17-16-22-21(23)24(19-12-6-2-7-13-19)20-14-8-3-9-15-20;1-2/h1-17H;1-2H3. The third kappa shape index (κ3) is 3.67. The van der Waals surface area contributed by atoms with E-state index in [-0.39, 0.29) is 0 Å². The van der Waals surface area contributed by atoms with Gasteiger partial charge in [0.15, 0.2) is 0 Å². The molecule has 0 bridgehead atoms. The molecule has 3 nitrogen and oxygen atoms in total. The average molecular weight is 341 g/mol. The minimum Gasteiger partial charge on any atom is -0.286 e. The van der Waals surface area contributed by atoms with Crippen LogP contribution in [0.15, 0.2) is 103 Å². The lowest BCUT2D eigenvalue weighted by molar-refractivity contribution is 1.01. The summed E-state index contributed by atoms with van der Waals surface area (Å²) in [6.07, 6.45) is 3.82. The van der Waals surface area contributed by atoms with Gasteiger partial charge >= 0.3 is 0 Å². The van der Waals surface area contributed by atoms with Gasteiger partial charge in [-0.2, -0.15) is 0 Å². The van der Waals surface area contributed by atoms with Crippen LogP contribution < -0.4 is 4.90 Å². The second-order valence-electron chi connectivity index (χ2n) is 5.44. The van der Waals surface area contributed by atoms with Gasteiger partial charge in [-0.25, -0.2) is 4.98 Å². The Morgan fingerprint density at radius 1 is 0.654 bits per heavy atom. The SMILES string of the molecule is CC.c1ccc(N(c2ccccc2)c2nccn2-c2ccccc2)cc1. The first-order valence-corrected chi connectivity index (χ1v) is 8.92. The van der Waals surface area contributed by atoms with Crippen molar-refractivity contribution >= 4 is 17.3 Å². The molecule has 0 N–H and O–H groups in total. The minimum absolute atomic E-state index is 0.860. The monoisotopic (exact) mass is 341 g/mol. The van der Waals surface area contributed by atoms with Crippen molar-refractivity contribution in [1.29, 1.82) is 0 Å². The van der Waals surface area contributed by atoms with Crippen LogP contribution in [0.5, 0.6) is 0 Å². The van der Waals surface area contributed by atoms with Gasteiger partial charge in [0.05, 0.1) is 0 Å². The Morgan fingerprint density at radius 3 is 1.62 bits per heavy atom. The lowest BCUT2D eigenvalue weighted by Gasteiger charge is -2.25. The highest BCUT2D eigenvalue weighted by molar-refractivity contribution is 5.73. The molecule has 0 aliphatic carbocycles. The lowest BCUT2D eigenvalue weighted by atomic mass is 10.2. The third-order valence-electron chi connectivity index (χ3n) is 3.88. The predicted octanol–water partition coefficient (Wildman–Crippen LogP) is 6.37. The van der Waals surface area contributed by atoms with Crippen molar-refractivity contribution in [2.45, 2.75) is 13.8 Å². The fourth-order valence-corrected chi connectivity index (χ4v) is 2.79. The van der Waals surface area contributed by atoms with Gasteiger partial charge in [0, 0.05) is 29.5 Å². The summed E-state index contributed by atoms with van der Waals surface area (Å²) in [7, 11) is 0. The number of hydrogen-bond acceptors (Lipinski definition) is 2. The molecule has 3 aromatic carbocycles. The summed E-state index contributed by atoms with van der Waals surface area (Å²) in [5.41, 5.74) is 3.24. The zero-order valence-corrected chi connectivity index (χ0v) is 15.2. The van der Waals surface area contributed by atoms with Crippen molar-refractivity contribution in [2.24, 2.45) is 0 Å². The van der Waals surface area contributed by atoms with Gasteiger partial charge in [-0.3, -0.25) is 9.47 Å². The molecule has 3 heteroatoms. The first-order chi connectivity index (χ1) is 12.9. The second kappa shape index (κ2) is 8.67. The van der Waals surface area contributed by atoms with Crippen molar-refractivity contribution in [2.75, 3.05) is 4.90 Å². The Bertz CT molecular complexity index is 860. The molecule has 0 amide bonds. The summed E-state index contributed by atoms with van der Waals surface area (Å²) in [6, 6.07) is 30.9. The number of anilines is 3. The molecule has 4 rings (SSSR count). The molecule has 0 spiro atoms. The van der Waals surface area contributed by atoms with E-state index in [2.05, 4.69) is 50.8 Å². The van der Waals surface area contributed by atoms with E-state index in [0.717, 1.165) is 23.0 Å². The molecule has 0 saturated carbocycles. The molecule has 0 fully saturated rings. The van der Waals surface area contributed by atoms with Crippen LogP contribution in [0.3, 0.4) is 0 Å². The zero-order chi connectivity index (χ0) is 18.2. The molecule has 1 aromatic heterocycles. The summed E-state index contributed by atoms with van der Waals surface area (Å²) in [4.78, 5) is 6.79. The lowest BCUT2D eigenvalue weighted by Crippen LogP contribution is -2.14. The van der Waals surface area contributed by atoms with Gasteiger partial charge in [0.2, 0.25) is 5.95 Å². The van der Waals surface area contributed by atoms with Crippen molar-refractivity contribution in [1.82, 2.24) is 9.55 Å². The normalized spacial score (nSPS) is 9.92. The molecule has 0 aliphatic heterocycles. The van der Waals surface area contributed by atoms with E-state index >= 15 is 0 Å². The molecule has 0 radical (unpaired) electrons. The van der Waals surface area contributed by atoms with Crippen LogP contribution in [0.1, 0.15) is 13.8 Å². The van der Waals surface area contributed by atoms with Crippen LogP contribution in [0.2, 0.25) is 0 Å². The highest BCUT2D eigenvalue weighted by atomic mass is 15.3. The van der Waals surface area contributed by atoms with Gasteiger partial charge in [0.25, 0.3) is 0 Å². The molecule has 4 aromatic rings. The topological polar surface area (TPSA) is 21.1 Å². The van der Waals surface area contributed by atoms with E-state index in [9.17, 15) is 0 Å². The van der Waals surface area contributed by atoms with Gasteiger partial charge in [-0.1, -0.05) is 68.4 Å². The third-order valence-corrected chi connectivity index (χ3v) is 3.88. The fraction of sp³-hybridized carbons (Fsp3) is 0.0870. The molecule has 26 heavy (non-hydrogen) atoms. The Balaban J connectivity index is 0.000000948. The van der Waals surface area contributed by atoms with Crippen LogP contribution in [0.25, 0.3) is 5.69 Å². The largest absolute Gasteiger partial charge is 0.286 e. The first-order valence-electron chi connectivity index (χ1n) is 8.92. The highest BCUT2D eigenvalue weighted by Crippen LogP contribution is 2.33. The summed E-state index contributed by atoms with van der Waals surface area (Å²) in [5, 5.41) is 0. The predicted molar refractivity (Wildman–Crippen MR) is 110 cm³/mol. The maximum absolute atomic E-state index is 4.63. The Kier molecular flexibility index (Phi) is 5.84. The molecular weight excluding hydrogens is 318 g/mol. The number of benzene rings is 3. The molecule has 1 heterocycles. The van der Waals surface area contributed by atoms with Crippen LogP contribution >= 0.6 is 0 Å². The van der Waals surface area contributed by atoms with Crippen LogP contribution in [0.4, 0.5) is 17.3 Å². The van der Waals surface area contributed by atoms with E-state index in [1.54, 1.807) is 0 Å². The average Bonchev–Trinajstić information content (AvgIpc) is 3.21. The number of imidazole rings is 1. The van der Waals surface area contributed by atoms with Gasteiger partial charge in [-0.15, -0.1) is 0 Å². The van der Waals surface area contributed by atoms with Gasteiger partial charge < -0.3 is 0 Å². The number of aromatic nitrogens is 2. The smallest absolute Gasteiger partial charge is 0.219 e.